The van der Waals surface area contributed by atoms with E-state index in [2.05, 4.69) is 34.5 Å². The first-order valence-corrected chi connectivity index (χ1v) is 6.53. The van der Waals surface area contributed by atoms with Crippen molar-refractivity contribution < 1.29 is 0 Å². The van der Waals surface area contributed by atoms with E-state index >= 15 is 0 Å². The molecule has 4 heteroatoms. The van der Waals surface area contributed by atoms with Crippen LogP contribution in [0.5, 0.6) is 0 Å². The Balaban J connectivity index is 1.78. The number of nitrogens with zero attached hydrogens (tertiary/aromatic N) is 3. The minimum absolute atomic E-state index is 0.502. The number of aromatic nitrogens is 3. The van der Waals surface area contributed by atoms with E-state index in [1.165, 1.54) is 19.3 Å². The van der Waals surface area contributed by atoms with Crippen LogP contribution in [0.25, 0.3) is 5.69 Å². The van der Waals surface area contributed by atoms with Gasteiger partial charge in [0.2, 0.25) is 0 Å². The molecule has 1 saturated carbocycles. The first kappa shape index (κ1) is 11.3. The number of rotatable bonds is 5. The fourth-order valence-electron chi connectivity index (χ4n) is 2.31. The summed E-state index contributed by atoms with van der Waals surface area (Å²) in [6.45, 7) is 2.25. The lowest BCUT2D eigenvalue weighted by atomic mass is 10.1. The summed E-state index contributed by atoms with van der Waals surface area (Å²) >= 11 is 0. The number of hydrogen-bond donors (Lipinski definition) is 1. The highest BCUT2D eigenvalue weighted by Crippen LogP contribution is 2.34. The molecule has 0 saturated heterocycles. The lowest BCUT2D eigenvalue weighted by Crippen LogP contribution is -2.17. The van der Waals surface area contributed by atoms with Crippen LogP contribution in [0.4, 0.5) is 5.69 Å². The second kappa shape index (κ2) is 4.80. The fourth-order valence-corrected chi connectivity index (χ4v) is 2.31. The summed E-state index contributed by atoms with van der Waals surface area (Å²) < 4.78 is 1.80. The Morgan fingerprint density at radius 2 is 2.22 bits per heavy atom. The average molecular weight is 242 g/mol. The zero-order valence-electron chi connectivity index (χ0n) is 10.6. The SMILES string of the molecule is CC(CC1CC1)Nc1ccccc1-n1cncn1. The van der Waals surface area contributed by atoms with E-state index in [4.69, 9.17) is 0 Å². The molecule has 4 nitrogen and oxygen atoms in total. The second-order valence-corrected chi connectivity index (χ2v) is 5.08. The van der Waals surface area contributed by atoms with Gasteiger partial charge in [0.15, 0.2) is 0 Å². The molecular weight excluding hydrogens is 224 g/mol. The number of nitrogens with one attached hydrogen (secondary N) is 1. The van der Waals surface area contributed by atoms with E-state index < -0.39 is 0 Å². The van der Waals surface area contributed by atoms with Gasteiger partial charge >= 0.3 is 0 Å². The van der Waals surface area contributed by atoms with Crippen molar-refractivity contribution in [3.63, 3.8) is 0 Å². The van der Waals surface area contributed by atoms with Crippen molar-refractivity contribution in [1.82, 2.24) is 14.8 Å². The van der Waals surface area contributed by atoms with Gasteiger partial charge in [0, 0.05) is 6.04 Å². The van der Waals surface area contributed by atoms with Gasteiger partial charge in [-0.25, -0.2) is 9.67 Å². The molecule has 1 heterocycles. The lowest BCUT2D eigenvalue weighted by Gasteiger charge is -2.17. The van der Waals surface area contributed by atoms with E-state index in [-0.39, 0.29) is 0 Å². The minimum atomic E-state index is 0.502. The average Bonchev–Trinajstić information content (AvgIpc) is 3.01. The van der Waals surface area contributed by atoms with E-state index in [1.54, 1.807) is 17.3 Å². The molecule has 1 aromatic heterocycles. The van der Waals surface area contributed by atoms with Gasteiger partial charge in [-0.15, -0.1) is 0 Å². The Morgan fingerprint density at radius 3 is 2.94 bits per heavy atom. The summed E-state index contributed by atoms with van der Waals surface area (Å²) in [5.41, 5.74) is 2.17. The zero-order valence-corrected chi connectivity index (χ0v) is 10.6. The molecule has 1 aromatic carbocycles. The molecule has 0 aliphatic heterocycles. The maximum Gasteiger partial charge on any atom is 0.138 e. The molecule has 94 valence electrons. The van der Waals surface area contributed by atoms with Crippen LogP contribution in [0.3, 0.4) is 0 Å². The Bertz CT molecular complexity index is 502. The first-order chi connectivity index (χ1) is 8.83. The van der Waals surface area contributed by atoms with Gasteiger partial charge < -0.3 is 5.32 Å². The van der Waals surface area contributed by atoms with Gasteiger partial charge in [0.25, 0.3) is 0 Å². The van der Waals surface area contributed by atoms with Crippen LogP contribution in [0.1, 0.15) is 26.2 Å². The summed E-state index contributed by atoms with van der Waals surface area (Å²) in [5.74, 6) is 0.936. The van der Waals surface area contributed by atoms with Crippen molar-refractivity contribution in [3.8, 4) is 5.69 Å². The molecule has 0 amide bonds. The molecule has 0 radical (unpaired) electrons. The zero-order chi connectivity index (χ0) is 12.4. The smallest absolute Gasteiger partial charge is 0.138 e. The van der Waals surface area contributed by atoms with Gasteiger partial charge in [-0.3, -0.25) is 0 Å². The number of hydrogen-bond acceptors (Lipinski definition) is 3. The van der Waals surface area contributed by atoms with Crippen LogP contribution in [0, 0.1) is 5.92 Å². The highest BCUT2D eigenvalue weighted by molar-refractivity contribution is 5.60. The molecule has 2 aromatic rings. The van der Waals surface area contributed by atoms with Crippen LogP contribution in [-0.2, 0) is 0 Å². The van der Waals surface area contributed by atoms with Crippen molar-refractivity contribution in [2.45, 2.75) is 32.2 Å². The Kier molecular flexibility index (Phi) is 3.00. The van der Waals surface area contributed by atoms with Crippen LogP contribution in [-0.4, -0.2) is 20.8 Å². The normalized spacial score (nSPS) is 16.5. The second-order valence-electron chi connectivity index (χ2n) is 5.08. The molecule has 1 fully saturated rings. The van der Waals surface area contributed by atoms with Gasteiger partial charge in [0.1, 0.15) is 12.7 Å². The highest BCUT2D eigenvalue weighted by Gasteiger charge is 2.23. The molecule has 1 aliphatic carbocycles. The standard InChI is InChI=1S/C14H18N4/c1-11(8-12-6-7-12)17-13-4-2-3-5-14(13)18-10-15-9-16-18/h2-5,9-12,17H,6-8H2,1H3. The predicted octanol–water partition coefficient (Wildman–Crippen LogP) is 2.87. The maximum absolute atomic E-state index is 4.19. The third-order valence-corrected chi connectivity index (χ3v) is 3.36. The third kappa shape index (κ3) is 2.53. The van der Waals surface area contributed by atoms with Gasteiger partial charge in [-0.2, -0.15) is 5.10 Å². The molecule has 1 unspecified atom stereocenters. The van der Waals surface area contributed by atoms with E-state index in [0.717, 1.165) is 17.3 Å². The summed E-state index contributed by atoms with van der Waals surface area (Å²) in [6, 6.07) is 8.73. The highest BCUT2D eigenvalue weighted by atomic mass is 15.3. The molecule has 1 aliphatic rings. The third-order valence-electron chi connectivity index (χ3n) is 3.36. The Morgan fingerprint density at radius 1 is 1.39 bits per heavy atom. The number of para-hydroxylation sites is 2. The van der Waals surface area contributed by atoms with E-state index in [0.29, 0.717) is 6.04 Å². The van der Waals surface area contributed by atoms with Crippen molar-refractivity contribution in [2.75, 3.05) is 5.32 Å². The van der Waals surface area contributed by atoms with Crippen molar-refractivity contribution >= 4 is 5.69 Å². The molecule has 18 heavy (non-hydrogen) atoms. The van der Waals surface area contributed by atoms with Crippen molar-refractivity contribution in [2.24, 2.45) is 5.92 Å². The van der Waals surface area contributed by atoms with E-state index in [9.17, 15) is 0 Å². The maximum atomic E-state index is 4.19. The number of anilines is 1. The van der Waals surface area contributed by atoms with Crippen LogP contribution in [0.2, 0.25) is 0 Å². The van der Waals surface area contributed by atoms with Crippen LogP contribution >= 0.6 is 0 Å². The Hall–Kier alpha value is -1.84. The molecular formula is C14H18N4. The molecule has 3 rings (SSSR count). The molecule has 1 atom stereocenters. The summed E-state index contributed by atoms with van der Waals surface area (Å²) in [5, 5.41) is 7.77. The minimum Gasteiger partial charge on any atom is -0.381 e. The Labute approximate surface area is 107 Å². The number of benzene rings is 1. The van der Waals surface area contributed by atoms with Crippen LogP contribution in [0.15, 0.2) is 36.9 Å². The predicted molar refractivity (Wildman–Crippen MR) is 71.8 cm³/mol. The largest absolute Gasteiger partial charge is 0.381 e. The van der Waals surface area contributed by atoms with Crippen LogP contribution < -0.4 is 5.32 Å². The summed E-state index contributed by atoms with van der Waals surface area (Å²) in [6.07, 6.45) is 7.34. The first-order valence-electron chi connectivity index (χ1n) is 6.53. The monoisotopic (exact) mass is 242 g/mol. The van der Waals surface area contributed by atoms with Gasteiger partial charge in [-0.1, -0.05) is 25.0 Å². The topological polar surface area (TPSA) is 42.7 Å². The summed E-state index contributed by atoms with van der Waals surface area (Å²) in [4.78, 5) is 4.00. The molecule has 1 N–H and O–H groups in total. The van der Waals surface area contributed by atoms with Gasteiger partial charge in [-0.05, 0) is 31.4 Å². The van der Waals surface area contributed by atoms with Gasteiger partial charge in [0.05, 0.1) is 11.4 Å². The van der Waals surface area contributed by atoms with E-state index in [1.807, 2.05) is 12.1 Å². The van der Waals surface area contributed by atoms with Crippen molar-refractivity contribution in [3.05, 3.63) is 36.9 Å². The molecule has 0 spiro atoms. The quantitative estimate of drug-likeness (QED) is 0.876. The summed E-state index contributed by atoms with van der Waals surface area (Å²) in [7, 11) is 0. The van der Waals surface area contributed by atoms with Crippen molar-refractivity contribution in [1.29, 1.82) is 0 Å². The molecule has 0 bridgehead atoms. The fraction of sp³-hybridized carbons (Fsp3) is 0.429. The lowest BCUT2D eigenvalue weighted by molar-refractivity contribution is 0.641.